The highest BCUT2D eigenvalue weighted by molar-refractivity contribution is 6.74. The van der Waals surface area contributed by atoms with Crippen LogP contribution in [-0.4, -0.2) is 59.1 Å². The van der Waals surface area contributed by atoms with Crippen LogP contribution in [0.25, 0.3) is 0 Å². The molecule has 0 aromatic carbocycles. The molecule has 7 nitrogen and oxygen atoms in total. The van der Waals surface area contributed by atoms with Crippen molar-refractivity contribution < 1.29 is 33.0 Å². The minimum atomic E-state index is -2.10. The van der Waals surface area contributed by atoms with Gasteiger partial charge in [-0.2, -0.15) is 0 Å². The van der Waals surface area contributed by atoms with Crippen molar-refractivity contribution in [3.63, 3.8) is 0 Å². The SMILES string of the molecule is C/C=C/C[C@@H]1C/C(=C\C(=O)OC)[C@H](OC(=O)CCC)[C@](OC)(C(C)(C)CO[Si](C)(C)C(C)(C)C)O1. The van der Waals surface area contributed by atoms with Gasteiger partial charge in [-0.05, 0) is 49.9 Å². The normalized spacial score (nSPS) is 25.2. The van der Waals surface area contributed by atoms with Gasteiger partial charge in [0.15, 0.2) is 14.4 Å². The Morgan fingerprint density at radius 3 is 2.29 bits per heavy atom. The largest absolute Gasteiger partial charge is 0.466 e. The average molecular weight is 513 g/mol. The van der Waals surface area contributed by atoms with Gasteiger partial charge in [-0.3, -0.25) is 4.79 Å². The minimum Gasteiger partial charge on any atom is -0.466 e. The van der Waals surface area contributed by atoms with Crippen molar-refractivity contribution in [2.24, 2.45) is 5.41 Å². The lowest BCUT2D eigenvalue weighted by atomic mass is 9.75. The van der Waals surface area contributed by atoms with E-state index in [1.807, 2.05) is 39.8 Å². The van der Waals surface area contributed by atoms with Gasteiger partial charge < -0.3 is 23.4 Å². The zero-order valence-corrected chi connectivity index (χ0v) is 24.8. The molecule has 0 radical (unpaired) electrons. The van der Waals surface area contributed by atoms with E-state index in [-0.39, 0.29) is 23.5 Å². The van der Waals surface area contributed by atoms with E-state index in [4.69, 9.17) is 23.4 Å². The van der Waals surface area contributed by atoms with E-state index in [0.717, 1.165) is 0 Å². The van der Waals surface area contributed by atoms with Crippen LogP contribution in [0.15, 0.2) is 23.8 Å². The third-order valence-electron chi connectivity index (χ3n) is 7.18. The highest BCUT2D eigenvalue weighted by atomic mass is 28.4. The maximum absolute atomic E-state index is 12.7. The molecule has 0 aromatic rings. The van der Waals surface area contributed by atoms with E-state index in [1.54, 1.807) is 7.11 Å². The second kappa shape index (κ2) is 12.7. The lowest BCUT2D eigenvalue weighted by molar-refractivity contribution is -0.348. The Morgan fingerprint density at radius 2 is 1.80 bits per heavy atom. The zero-order chi connectivity index (χ0) is 27.1. The minimum absolute atomic E-state index is 0.0220. The molecule has 1 aliphatic heterocycles. The Bertz CT molecular complexity index is 779. The first kappa shape index (κ1) is 31.5. The highest BCUT2D eigenvalue weighted by Crippen LogP contribution is 2.49. The summed E-state index contributed by atoms with van der Waals surface area (Å²) in [6.07, 6.45) is 6.11. The number of hydrogen-bond acceptors (Lipinski definition) is 7. The third kappa shape index (κ3) is 7.75. The standard InChI is InChI=1S/C27H48O7Si/c1-12-14-16-21-17-20(18-23(29)30-8)24(33-22(28)15-13-2)27(31-9,34-21)26(6,7)19-32-35(10,11)25(3,4)5/h12,14,18,21,24H,13,15-17,19H2,1-11H3/b14-12+,20-18+/t21-,24+,27-/m1/s1. The molecule has 0 aliphatic carbocycles. The van der Waals surface area contributed by atoms with E-state index in [2.05, 4.69) is 33.9 Å². The molecule has 35 heavy (non-hydrogen) atoms. The first-order chi connectivity index (χ1) is 16.1. The summed E-state index contributed by atoms with van der Waals surface area (Å²) in [5.74, 6) is -2.25. The molecule has 0 aromatic heterocycles. The summed E-state index contributed by atoms with van der Waals surface area (Å²) in [6.45, 7) is 19.2. The van der Waals surface area contributed by atoms with Crippen LogP contribution in [0.1, 0.15) is 74.1 Å². The van der Waals surface area contributed by atoms with Gasteiger partial charge in [0.1, 0.15) is 0 Å². The number of allylic oxidation sites excluding steroid dienone is 1. The van der Waals surface area contributed by atoms with Gasteiger partial charge in [0, 0.05) is 31.6 Å². The Kier molecular flexibility index (Phi) is 11.4. The van der Waals surface area contributed by atoms with E-state index in [1.165, 1.54) is 13.2 Å². The molecule has 0 spiro atoms. The van der Waals surface area contributed by atoms with Crippen molar-refractivity contribution in [2.75, 3.05) is 20.8 Å². The predicted molar refractivity (Wildman–Crippen MR) is 140 cm³/mol. The lowest BCUT2D eigenvalue weighted by Gasteiger charge is -2.54. The summed E-state index contributed by atoms with van der Waals surface area (Å²) >= 11 is 0. The number of carbonyl (C=O) groups is 2. The Hall–Kier alpha value is -1.48. The van der Waals surface area contributed by atoms with Crippen LogP contribution < -0.4 is 0 Å². The average Bonchev–Trinajstić information content (AvgIpc) is 2.76. The van der Waals surface area contributed by atoms with Crippen LogP contribution >= 0.6 is 0 Å². The first-order valence-electron chi connectivity index (χ1n) is 12.6. The summed E-state index contributed by atoms with van der Waals surface area (Å²) in [7, 11) is 0.790. The van der Waals surface area contributed by atoms with Crippen LogP contribution in [0.3, 0.4) is 0 Å². The molecule has 0 N–H and O–H groups in total. The molecule has 0 saturated carbocycles. The van der Waals surface area contributed by atoms with Gasteiger partial charge in [-0.25, -0.2) is 4.79 Å². The van der Waals surface area contributed by atoms with Crippen LogP contribution in [-0.2, 0) is 33.0 Å². The van der Waals surface area contributed by atoms with Crippen molar-refractivity contribution in [2.45, 2.75) is 110 Å². The number of hydrogen-bond donors (Lipinski definition) is 0. The van der Waals surface area contributed by atoms with Crippen molar-refractivity contribution in [1.29, 1.82) is 0 Å². The third-order valence-corrected chi connectivity index (χ3v) is 11.7. The van der Waals surface area contributed by atoms with Gasteiger partial charge in [0.05, 0.1) is 13.2 Å². The van der Waals surface area contributed by atoms with Gasteiger partial charge in [-0.15, -0.1) is 0 Å². The fourth-order valence-electron chi connectivity index (χ4n) is 3.90. The molecule has 0 amide bonds. The molecular formula is C27H48O7Si. The maximum atomic E-state index is 12.7. The topological polar surface area (TPSA) is 80.3 Å². The van der Waals surface area contributed by atoms with Crippen LogP contribution in [0.5, 0.6) is 0 Å². The number of methoxy groups -OCH3 is 2. The molecule has 1 rings (SSSR count). The number of carbonyl (C=O) groups excluding carboxylic acids is 2. The molecule has 1 heterocycles. The molecule has 3 atom stereocenters. The highest BCUT2D eigenvalue weighted by Gasteiger charge is 2.60. The second-order valence-electron chi connectivity index (χ2n) is 11.4. The van der Waals surface area contributed by atoms with Crippen molar-refractivity contribution in [3.8, 4) is 0 Å². The van der Waals surface area contributed by atoms with E-state index < -0.39 is 31.6 Å². The summed E-state index contributed by atoms with van der Waals surface area (Å²) < 4.78 is 30.4. The predicted octanol–water partition coefficient (Wildman–Crippen LogP) is 5.94. The molecule has 8 heteroatoms. The molecule has 202 valence electrons. The molecule has 0 unspecified atom stereocenters. The van der Waals surface area contributed by atoms with Gasteiger partial charge in [0.25, 0.3) is 0 Å². The number of esters is 2. The van der Waals surface area contributed by atoms with E-state index in [0.29, 0.717) is 31.4 Å². The van der Waals surface area contributed by atoms with Crippen molar-refractivity contribution >= 4 is 20.3 Å². The lowest BCUT2D eigenvalue weighted by Crippen LogP contribution is -2.65. The van der Waals surface area contributed by atoms with E-state index in [9.17, 15) is 9.59 Å². The van der Waals surface area contributed by atoms with Crippen molar-refractivity contribution in [1.82, 2.24) is 0 Å². The van der Waals surface area contributed by atoms with Crippen LogP contribution in [0, 0.1) is 5.41 Å². The molecule has 1 saturated heterocycles. The maximum Gasteiger partial charge on any atom is 0.330 e. The number of ether oxygens (including phenoxy) is 4. The fourth-order valence-corrected chi connectivity index (χ4v) is 5.06. The number of rotatable bonds is 11. The van der Waals surface area contributed by atoms with Gasteiger partial charge >= 0.3 is 11.9 Å². The summed E-state index contributed by atoms with van der Waals surface area (Å²) in [5, 5.41) is 0.0220. The Labute approximate surface area is 213 Å². The molecular weight excluding hydrogens is 464 g/mol. The molecule has 1 fully saturated rings. The van der Waals surface area contributed by atoms with Crippen LogP contribution in [0.2, 0.25) is 18.1 Å². The second-order valence-corrected chi connectivity index (χ2v) is 16.2. The fraction of sp³-hybridized carbons (Fsp3) is 0.778. The molecule has 1 aliphatic rings. The summed E-state index contributed by atoms with van der Waals surface area (Å²) in [4.78, 5) is 25.1. The smallest absolute Gasteiger partial charge is 0.330 e. The summed E-state index contributed by atoms with van der Waals surface area (Å²) in [5.41, 5.74) is -0.123. The van der Waals surface area contributed by atoms with Crippen LogP contribution in [0.4, 0.5) is 0 Å². The first-order valence-corrected chi connectivity index (χ1v) is 15.5. The van der Waals surface area contributed by atoms with Gasteiger partial charge in [0.2, 0.25) is 5.79 Å². The Balaban J connectivity index is 3.62. The van der Waals surface area contributed by atoms with Crippen molar-refractivity contribution in [3.05, 3.63) is 23.8 Å². The van der Waals surface area contributed by atoms with Gasteiger partial charge in [-0.1, -0.05) is 53.7 Å². The Morgan fingerprint density at radius 1 is 1.17 bits per heavy atom. The van der Waals surface area contributed by atoms with E-state index >= 15 is 0 Å². The summed E-state index contributed by atoms with van der Waals surface area (Å²) in [6, 6.07) is 0. The monoisotopic (exact) mass is 512 g/mol. The quantitative estimate of drug-likeness (QED) is 0.147. The zero-order valence-electron chi connectivity index (χ0n) is 23.8. The molecule has 0 bridgehead atoms.